The zero-order valence-electron chi connectivity index (χ0n) is 15.8. The van der Waals surface area contributed by atoms with E-state index in [1.54, 1.807) is 17.0 Å². The van der Waals surface area contributed by atoms with Gasteiger partial charge in [-0.2, -0.15) is 13.2 Å². The number of amides is 1. The molecule has 0 saturated carbocycles. The van der Waals surface area contributed by atoms with Crippen LogP contribution in [0.3, 0.4) is 0 Å². The molecule has 0 aliphatic rings. The molecule has 9 heteroatoms. The van der Waals surface area contributed by atoms with Crippen LogP contribution < -0.4 is 5.32 Å². The molecule has 0 atom stereocenters. The third-order valence-electron chi connectivity index (χ3n) is 4.36. The summed E-state index contributed by atoms with van der Waals surface area (Å²) < 4.78 is 40.1. The summed E-state index contributed by atoms with van der Waals surface area (Å²) >= 11 is 1.21. The minimum Gasteiger partial charge on any atom is -0.351 e. The first-order valence-corrected chi connectivity index (χ1v) is 9.76. The number of carbonyl (C=O) groups is 1. The van der Waals surface area contributed by atoms with E-state index in [1.807, 2.05) is 32.0 Å². The number of hydrogen-bond acceptors (Lipinski definition) is 4. The maximum Gasteiger partial charge on any atom is 0.416 e. The van der Waals surface area contributed by atoms with Crippen LogP contribution in [0.1, 0.15) is 22.3 Å². The van der Waals surface area contributed by atoms with Crippen LogP contribution in [0.4, 0.5) is 13.2 Å². The van der Waals surface area contributed by atoms with Gasteiger partial charge in [0.1, 0.15) is 6.33 Å². The summed E-state index contributed by atoms with van der Waals surface area (Å²) in [4.78, 5) is 12.1. The Morgan fingerprint density at radius 3 is 2.66 bits per heavy atom. The fourth-order valence-corrected chi connectivity index (χ4v) is 3.37. The maximum absolute atomic E-state index is 12.8. The van der Waals surface area contributed by atoms with Gasteiger partial charge in [-0.1, -0.05) is 30.0 Å². The standard InChI is InChI=1S/C20H19F3N4OS/c1-13-6-7-17(8-14(13)2)27-12-25-26-19(27)29-11-18(28)24-10-15-4-3-5-16(9-15)20(21,22)23/h3-9,12H,10-11H2,1-2H3,(H,24,28). The molecule has 0 aliphatic carbocycles. The number of aromatic nitrogens is 3. The Kier molecular flexibility index (Phi) is 6.26. The Bertz CT molecular complexity index is 1020. The van der Waals surface area contributed by atoms with Gasteiger partial charge in [0, 0.05) is 12.2 Å². The smallest absolute Gasteiger partial charge is 0.351 e. The van der Waals surface area contributed by atoms with Gasteiger partial charge in [-0.15, -0.1) is 10.2 Å². The van der Waals surface area contributed by atoms with Crippen LogP contribution in [0.2, 0.25) is 0 Å². The summed E-state index contributed by atoms with van der Waals surface area (Å²) in [6.45, 7) is 4.06. The molecule has 1 heterocycles. The molecule has 5 nitrogen and oxygen atoms in total. The van der Waals surface area contributed by atoms with Gasteiger partial charge in [0.05, 0.1) is 11.3 Å². The molecule has 0 spiro atoms. The van der Waals surface area contributed by atoms with Crippen LogP contribution in [0.15, 0.2) is 53.9 Å². The molecule has 0 saturated heterocycles. The molecule has 1 amide bonds. The summed E-state index contributed by atoms with van der Waals surface area (Å²) in [5.74, 6) is -0.232. The van der Waals surface area contributed by atoms with Gasteiger partial charge in [0.25, 0.3) is 0 Å². The summed E-state index contributed by atoms with van der Waals surface area (Å²) in [5.41, 5.74) is 2.84. The van der Waals surface area contributed by atoms with Crippen molar-refractivity contribution in [1.82, 2.24) is 20.1 Å². The summed E-state index contributed by atoms with van der Waals surface area (Å²) in [5, 5.41) is 11.1. The topological polar surface area (TPSA) is 59.8 Å². The van der Waals surface area contributed by atoms with Gasteiger partial charge >= 0.3 is 6.18 Å². The lowest BCUT2D eigenvalue weighted by molar-refractivity contribution is -0.137. The molecule has 0 radical (unpaired) electrons. The third kappa shape index (κ3) is 5.38. The lowest BCUT2D eigenvalue weighted by atomic mass is 10.1. The van der Waals surface area contributed by atoms with E-state index in [0.717, 1.165) is 23.4 Å². The zero-order valence-corrected chi connectivity index (χ0v) is 16.6. The average Bonchev–Trinajstić information content (AvgIpc) is 3.15. The molecule has 0 fully saturated rings. The van der Waals surface area contributed by atoms with Gasteiger partial charge in [-0.3, -0.25) is 9.36 Å². The highest BCUT2D eigenvalue weighted by Crippen LogP contribution is 2.29. The number of hydrogen-bond donors (Lipinski definition) is 1. The summed E-state index contributed by atoms with van der Waals surface area (Å²) in [6, 6.07) is 10.9. The van der Waals surface area contributed by atoms with E-state index in [2.05, 4.69) is 15.5 Å². The molecule has 152 valence electrons. The van der Waals surface area contributed by atoms with Crippen molar-refractivity contribution in [2.45, 2.75) is 31.7 Å². The summed E-state index contributed by atoms with van der Waals surface area (Å²) in [6.07, 6.45) is -2.83. The molecule has 3 aromatic rings. The number of nitrogens with zero attached hydrogens (tertiary/aromatic N) is 3. The van der Waals surface area contributed by atoms with Gasteiger partial charge < -0.3 is 5.32 Å². The predicted molar refractivity (Wildman–Crippen MR) is 105 cm³/mol. The largest absolute Gasteiger partial charge is 0.416 e. The molecule has 2 aromatic carbocycles. The van der Waals surface area contributed by atoms with Gasteiger partial charge in [0.15, 0.2) is 5.16 Å². The van der Waals surface area contributed by atoms with E-state index in [1.165, 1.54) is 23.4 Å². The van der Waals surface area contributed by atoms with Crippen molar-refractivity contribution in [3.05, 3.63) is 71.0 Å². The average molecular weight is 420 g/mol. The van der Waals surface area contributed by atoms with Crippen molar-refractivity contribution >= 4 is 17.7 Å². The van der Waals surface area contributed by atoms with Crippen molar-refractivity contribution < 1.29 is 18.0 Å². The lowest BCUT2D eigenvalue weighted by Gasteiger charge is -2.10. The van der Waals surface area contributed by atoms with Gasteiger partial charge in [-0.25, -0.2) is 0 Å². The van der Waals surface area contributed by atoms with E-state index >= 15 is 0 Å². The summed E-state index contributed by atoms with van der Waals surface area (Å²) in [7, 11) is 0. The van der Waals surface area contributed by atoms with Crippen LogP contribution in [0.5, 0.6) is 0 Å². The Labute approximate surface area is 170 Å². The van der Waals surface area contributed by atoms with E-state index in [4.69, 9.17) is 0 Å². The minimum atomic E-state index is -4.41. The third-order valence-corrected chi connectivity index (χ3v) is 5.30. The number of benzene rings is 2. The van der Waals surface area contributed by atoms with E-state index in [9.17, 15) is 18.0 Å². The molecule has 0 aliphatic heterocycles. The number of carbonyl (C=O) groups excluding carboxylic acids is 1. The Morgan fingerprint density at radius 1 is 1.14 bits per heavy atom. The van der Waals surface area contributed by atoms with Crippen LogP contribution >= 0.6 is 11.8 Å². The number of rotatable bonds is 6. The second kappa shape index (κ2) is 8.69. The zero-order chi connectivity index (χ0) is 21.0. The van der Waals surface area contributed by atoms with Crippen molar-refractivity contribution in [2.75, 3.05) is 5.75 Å². The SMILES string of the molecule is Cc1ccc(-n2cnnc2SCC(=O)NCc2cccc(C(F)(F)F)c2)cc1C. The van der Waals surface area contributed by atoms with E-state index in [-0.39, 0.29) is 18.2 Å². The number of alkyl halides is 3. The molecule has 1 N–H and O–H groups in total. The Balaban J connectivity index is 1.58. The maximum atomic E-state index is 12.8. The van der Waals surface area contributed by atoms with Gasteiger partial charge in [0.2, 0.25) is 5.91 Å². The van der Waals surface area contributed by atoms with Crippen LogP contribution in [0.25, 0.3) is 5.69 Å². The van der Waals surface area contributed by atoms with Crippen LogP contribution in [0, 0.1) is 13.8 Å². The van der Waals surface area contributed by atoms with Gasteiger partial charge in [-0.05, 0) is 54.8 Å². The second-order valence-electron chi connectivity index (χ2n) is 6.52. The van der Waals surface area contributed by atoms with E-state index < -0.39 is 11.7 Å². The second-order valence-corrected chi connectivity index (χ2v) is 7.46. The fourth-order valence-electron chi connectivity index (χ4n) is 2.61. The van der Waals surface area contributed by atoms with Crippen molar-refractivity contribution in [2.24, 2.45) is 0 Å². The van der Waals surface area contributed by atoms with Crippen molar-refractivity contribution in [1.29, 1.82) is 0 Å². The lowest BCUT2D eigenvalue weighted by Crippen LogP contribution is -2.25. The highest BCUT2D eigenvalue weighted by molar-refractivity contribution is 7.99. The van der Waals surface area contributed by atoms with Crippen molar-refractivity contribution in [3.8, 4) is 5.69 Å². The Hall–Kier alpha value is -2.81. The molecule has 0 unspecified atom stereocenters. The highest BCUT2D eigenvalue weighted by atomic mass is 32.2. The number of halogens is 3. The molecule has 0 bridgehead atoms. The molecule has 3 rings (SSSR count). The monoisotopic (exact) mass is 420 g/mol. The molecular weight excluding hydrogens is 401 g/mol. The molecule has 29 heavy (non-hydrogen) atoms. The Morgan fingerprint density at radius 2 is 1.93 bits per heavy atom. The number of aryl methyl sites for hydroxylation is 2. The van der Waals surface area contributed by atoms with Crippen molar-refractivity contribution in [3.63, 3.8) is 0 Å². The fraction of sp³-hybridized carbons (Fsp3) is 0.250. The van der Waals surface area contributed by atoms with Crippen LogP contribution in [-0.2, 0) is 17.5 Å². The first kappa shape index (κ1) is 20.9. The normalized spacial score (nSPS) is 11.5. The molecular formula is C20H19F3N4OS. The number of thioether (sulfide) groups is 1. The molecule has 1 aromatic heterocycles. The van der Waals surface area contributed by atoms with E-state index in [0.29, 0.717) is 10.7 Å². The minimum absolute atomic E-state index is 0.0210. The number of nitrogens with one attached hydrogen (secondary N) is 1. The predicted octanol–water partition coefficient (Wildman–Crippen LogP) is 4.31. The highest BCUT2D eigenvalue weighted by Gasteiger charge is 2.30. The van der Waals surface area contributed by atoms with Crippen LogP contribution in [-0.4, -0.2) is 26.4 Å². The first-order valence-electron chi connectivity index (χ1n) is 8.77. The quantitative estimate of drug-likeness (QED) is 0.604. The first-order chi connectivity index (χ1) is 13.7.